The molecule has 0 saturated carbocycles. The lowest BCUT2D eigenvalue weighted by Crippen LogP contribution is -2.12. The van der Waals surface area contributed by atoms with E-state index in [1.807, 2.05) is 54.6 Å². The Labute approximate surface area is 184 Å². The van der Waals surface area contributed by atoms with E-state index in [0.29, 0.717) is 28.1 Å². The summed E-state index contributed by atoms with van der Waals surface area (Å²) in [5.74, 6) is 0.818. The molecule has 0 aliphatic rings. The van der Waals surface area contributed by atoms with Gasteiger partial charge < -0.3 is 4.74 Å². The third-order valence-electron chi connectivity index (χ3n) is 4.61. The van der Waals surface area contributed by atoms with Crippen molar-refractivity contribution in [3.05, 3.63) is 71.4 Å². The molecule has 31 heavy (non-hydrogen) atoms. The van der Waals surface area contributed by atoms with Gasteiger partial charge in [0.15, 0.2) is 0 Å². The number of aromatic nitrogens is 4. The van der Waals surface area contributed by atoms with Gasteiger partial charge in [-0.25, -0.2) is 4.68 Å². The molecule has 0 atom stereocenters. The molecule has 2 aromatic carbocycles. The van der Waals surface area contributed by atoms with Crippen molar-refractivity contribution in [3.63, 3.8) is 0 Å². The van der Waals surface area contributed by atoms with E-state index in [1.165, 1.54) is 11.3 Å². The molecule has 1 N–H and O–H groups in total. The van der Waals surface area contributed by atoms with Gasteiger partial charge in [-0.3, -0.25) is 10.1 Å². The average molecular weight is 434 g/mol. The van der Waals surface area contributed by atoms with E-state index in [2.05, 4.69) is 29.4 Å². The van der Waals surface area contributed by atoms with E-state index in [-0.39, 0.29) is 5.91 Å². The van der Waals surface area contributed by atoms with Crippen molar-refractivity contribution in [1.29, 1.82) is 0 Å². The molecule has 7 nitrogen and oxygen atoms in total. The first-order chi connectivity index (χ1) is 15.0. The summed E-state index contributed by atoms with van der Waals surface area (Å²) in [4.78, 5) is 13.2. The zero-order chi connectivity index (χ0) is 21.8. The van der Waals surface area contributed by atoms with Crippen molar-refractivity contribution in [1.82, 2.24) is 20.0 Å². The molecule has 158 valence electrons. The highest BCUT2D eigenvalue weighted by Gasteiger charge is 2.22. The van der Waals surface area contributed by atoms with Crippen LogP contribution in [0, 0.1) is 5.92 Å². The Morgan fingerprint density at radius 2 is 1.84 bits per heavy atom. The predicted molar refractivity (Wildman–Crippen MR) is 122 cm³/mol. The molecular formula is C23H23N5O2S. The number of nitrogens with one attached hydrogen (secondary N) is 1. The monoisotopic (exact) mass is 433 g/mol. The van der Waals surface area contributed by atoms with Crippen molar-refractivity contribution in [2.24, 2.45) is 5.92 Å². The highest BCUT2D eigenvalue weighted by molar-refractivity contribution is 7.15. The summed E-state index contributed by atoms with van der Waals surface area (Å²) in [5.41, 5.74) is 2.55. The standard InChI is InChI=1S/C23H23N5O2S/c1-15(2)13-20-25-26-23(31-20)24-22(29)18-14-28(16-9-5-4-6-10-16)27-21(18)17-11-7-8-12-19(17)30-3/h4-12,14-15H,13H2,1-3H3,(H,24,26,29). The first-order valence-corrected chi connectivity index (χ1v) is 10.8. The fourth-order valence-corrected chi connectivity index (χ4v) is 4.14. The van der Waals surface area contributed by atoms with Crippen LogP contribution in [0.15, 0.2) is 60.8 Å². The zero-order valence-corrected chi connectivity index (χ0v) is 18.4. The number of amides is 1. The normalized spacial score (nSPS) is 11.0. The molecule has 8 heteroatoms. The van der Waals surface area contributed by atoms with Crippen molar-refractivity contribution in [3.8, 4) is 22.7 Å². The van der Waals surface area contributed by atoms with Crippen LogP contribution in [-0.2, 0) is 6.42 Å². The Morgan fingerprint density at radius 1 is 1.10 bits per heavy atom. The Bertz CT molecular complexity index is 1180. The van der Waals surface area contributed by atoms with Gasteiger partial charge in [-0.1, -0.05) is 55.5 Å². The van der Waals surface area contributed by atoms with E-state index in [1.54, 1.807) is 18.0 Å². The van der Waals surface area contributed by atoms with Gasteiger partial charge in [-0.05, 0) is 30.2 Å². The Balaban J connectivity index is 1.72. The summed E-state index contributed by atoms with van der Waals surface area (Å²) in [6, 6.07) is 17.2. The molecule has 2 heterocycles. The summed E-state index contributed by atoms with van der Waals surface area (Å²) < 4.78 is 7.20. The van der Waals surface area contributed by atoms with Crippen LogP contribution < -0.4 is 10.1 Å². The van der Waals surface area contributed by atoms with Gasteiger partial charge in [-0.15, -0.1) is 10.2 Å². The fourth-order valence-electron chi connectivity index (χ4n) is 3.19. The Kier molecular flexibility index (Phi) is 6.08. The van der Waals surface area contributed by atoms with Crippen LogP contribution in [0.3, 0.4) is 0 Å². The highest BCUT2D eigenvalue weighted by Crippen LogP contribution is 2.32. The Morgan fingerprint density at radius 3 is 2.58 bits per heavy atom. The van der Waals surface area contributed by atoms with Crippen LogP contribution in [0.25, 0.3) is 16.9 Å². The Hall–Kier alpha value is -3.52. The van der Waals surface area contributed by atoms with Gasteiger partial charge in [0.2, 0.25) is 5.13 Å². The van der Waals surface area contributed by atoms with Crippen molar-refractivity contribution < 1.29 is 9.53 Å². The number of rotatable bonds is 7. The maximum absolute atomic E-state index is 13.2. The number of para-hydroxylation sites is 2. The van der Waals surface area contributed by atoms with Gasteiger partial charge in [0, 0.05) is 18.2 Å². The first-order valence-electron chi connectivity index (χ1n) is 9.97. The minimum Gasteiger partial charge on any atom is -0.496 e. The van der Waals surface area contributed by atoms with E-state index >= 15 is 0 Å². The fraction of sp³-hybridized carbons (Fsp3) is 0.217. The smallest absolute Gasteiger partial charge is 0.261 e. The number of carbonyl (C=O) groups is 1. The van der Waals surface area contributed by atoms with Crippen LogP contribution >= 0.6 is 11.3 Å². The van der Waals surface area contributed by atoms with Gasteiger partial charge in [0.05, 0.1) is 18.4 Å². The molecule has 0 fully saturated rings. The van der Waals surface area contributed by atoms with Crippen molar-refractivity contribution in [2.75, 3.05) is 12.4 Å². The number of carbonyl (C=O) groups excluding carboxylic acids is 1. The molecule has 0 aliphatic carbocycles. The molecular weight excluding hydrogens is 410 g/mol. The third kappa shape index (κ3) is 4.64. The van der Waals surface area contributed by atoms with E-state index < -0.39 is 0 Å². The van der Waals surface area contributed by atoms with Crippen LogP contribution in [-0.4, -0.2) is 33.0 Å². The molecule has 2 aromatic heterocycles. The maximum atomic E-state index is 13.2. The molecule has 0 spiro atoms. The SMILES string of the molecule is COc1ccccc1-c1nn(-c2ccccc2)cc1C(=O)Nc1nnc(CC(C)C)s1. The second-order valence-corrected chi connectivity index (χ2v) is 8.49. The first kappa shape index (κ1) is 20.7. The van der Waals surface area contributed by atoms with Gasteiger partial charge in [-0.2, -0.15) is 5.10 Å². The lowest BCUT2D eigenvalue weighted by Gasteiger charge is -2.07. The molecule has 4 rings (SSSR count). The average Bonchev–Trinajstić information content (AvgIpc) is 3.41. The summed E-state index contributed by atoms with van der Waals surface area (Å²) >= 11 is 1.39. The number of hydrogen-bond donors (Lipinski definition) is 1. The number of nitrogens with zero attached hydrogens (tertiary/aromatic N) is 4. The van der Waals surface area contributed by atoms with Gasteiger partial charge in [0.25, 0.3) is 5.91 Å². The molecule has 0 radical (unpaired) electrons. The summed E-state index contributed by atoms with van der Waals surface area (Å²) in [5, 5.41) is 17.3. The van der Waals surface area contributed by atoms with Crippen molar-refractivity contribution >= 4 is 22.4 Å². The largest absolute Gasteiger partial charge is 0.496 e. The van der Waals surface area contributed by atoms with Gasteiger partial charge >= 0.3 is 0 Å². The lowest BCUT2D eigenvalue weighted by atomic mass is 10.1. The topological polar surface area (TPSA) is 81.9 Å². The molecule has 0 bridgehead atoms. The van der Waals surface area contributed by atoms with Crippen LogP contribution in [0.2, 0.25) is 0 Å². The van der Waals surface area contributed by atoms with Crippen LogP contribution in [0.1, 0.15) is 29.2 Å². The number of anilines is 1. The number of benzene rings is 2. The minimum absolute atomic E-state index is 0.296. The number of methoxy groups -OCH3 is 1. The van der Waals surface area contributed by atoms with Crippen molar-refractivity contribution in [2.45, 2.75) is 20.3 Å². The quantitative estimate of drug-likeness (QED) is 0.451. The molecule has 0 saturated heterocycles. The summed E-state index contributed by atoms with van der Waals surface area (Å²) in [6.45, 7) is 4.24. The van der Waals surface area contributed by atoms with E-state index in [4.69, 9.17) is 9.84 Å². The molecule has 0 aliphatic heterocycles. The van der Waals surface area contributed by atoms with Crippen LogP contribution in [0.5, 0.6) is 5.75 Å². The second-order valence-electron chi connectivity index (χ2n) is 7.42. The zero-order valence-electron chi connectivity index (χ0n) is 17.6. The van der Waals surface area contributed by atoms with Crippen LogP contribution in [0.4, 0.5) is 5.13 Å². The maximum Gasteiger partial charge on any atom is 0.261 e. The summed E-state index contributed by atoms with van der Waals surface area (Å²) in [7, 11) is 1.60. The molecule has 4 aromatic rings. The van der Waals surface area contributed by atoms with Gasteiger partial charge in [0.1, 0.15) is 16.5 Å². The highest BCUT2D eigenvalue weighted by atomic mass is 32.1. The lowest BCUT2D eigenvalue weighted by molar-refractivity contribution is 0.102. The summed E-state index contributed by atoms with van der Waals surface area (Å²) in [6.07, 6.45) is 2.55. The molecule has 1 amide bonds. The van der Waals surface area contributed by atoms with E-state index in [9.17, 15) is 4.79 Å². The number of ether oxygens (including phenoxy) is 1. The number of hydrogen-bond acceptors (Lipinski definition) is 6. The minimum atomic E-state index is -0.296. The predicted octanol–water partition coefficient (Wildman–Crippen LogP) is 4.85. The van der Waals surface area contributed by atoms with E-state index in [0.717, 1.165) is 22.7 Å². The second kappa shape index (κ2) is 9.09. The molecule has 0 unspecified atom stereocenters. The third-order valence-corrected chi connectivity index (χ3v) is 5.47.